The van der Waals surface area contributed by atoms with Crippen LogP contribution in [0.5, 0.6) is 17.2 Å². The van der Waals surface area contributed by atoms with Gasteiger partial charge in [0.2, 0.25) is 0 Å². The van der Waals surface area contributed by atoms with E-state index in [0.29, 0.717) is 34.6 Å². The molecule has 0 saturated carbocycles. The van der Waals surface area contributed by atoms with Crippen LogP contribution in [0.2, 0.25) is 0 Å². The van der Waals surface area contributed by atoms with E-state index in [1.54, 1.807) is 20.4 Å². The van der Waals surface area contributed by atoms with Crippen molar-refractivity contribution in [1.29, 1.82) is 0 Å². The number of aliphatic imine (C=N–C) groups is 1. The molecule has 4 aromatic carbocycles. The van der Waals surface area contributed by atoms with Gasteiger partial charge in [-0.2, -0.15) is 0 Å². The van der Waals surface area contributed by atoms with Crippen LogP contribution in [0.1, 0.15) is 101 Å². The molecule has 0 aliphatic carbocycles. The molecule has 0 saturated heterocycles. The molecule has 0 aliphatic rings. The molecule has 5 nitrogen and oxygen atoms in total. The van der Waals surface area contributed by atoms with E-state index in [9.17, 15) is 10.2 Å². The highest BCUT2D eigenvalue weighted by molar-refractivity contribution is 9.10. The maximum Gasteiger partial charge on any atom is 0.144 e. The topological polar surface area (TPSA) is 71.3 Å². The number of hydrogen-bond acceptors (Lipinski definition) is 5. The monoisotopic (exact) mass is 713 g/mol. The minimum absolute atomic E-state index is 0.163. The number of nitrogens with zero attached hydrogens (tertiary/aromatic N) is 1. The minimum atomic E-state index is -1.74. The predicted molar refractivity (Wildman–Crippen MR) is 202 cm³/mol. The Bertz CT molecular complexity index is 1690. The van der Waals surface area contributed by atoms with Crippen LogP contribution < -0.4 is 9.47 Å². The summed E-state index contributed by atoms with van der Waals surface area (Å²) in [5.74, 6) is 1.25. The van der Waals surface area contributed by atoms with Crippen molar-refractivity contribution in [2.45, 2.75) is 96.6 Å². The molecule has 0 fully saturated rings. The van der Waals surface area contributed by atoms with Crippen LogP contribution in [0.4, 0.5) is 0 Å². The van der Waals surface area contributed by atoms with Crippen LogP contribution >= 0.6 is 15.9 Å². The van der Waals surface area contributed by atoms with Gasteiger partial charge in [0.05, 0.1) is 20.3 Å². The molecule has 0 bridgehead atoms. The zero-order valence-electron chi connectivity index (χ0n) is 30.4. The second-order valence-corrected chi connectivity index (χ2v) is 16.6. The van der Waals surface area contributed by atoms with Crippen molar-refractivity contribution in [3.05, 3.63) is 122 Å². The van der Waals surface area contributed by atoms with Crippen molar-refractivity contribution in [3.8, 4) is 17.2 Å². The molecule has 0 amide bonds. The van der Waals surface area contributed by atoms with Gasteiger partial charge in [-0.15, -0.1) is 0 Å². The van der Waals surface area contributed by atoms with Crippen molar-refractivity contribution in [2.24, 2.45) is 4.99 Å². The van der Waals surface area contributed by atoms with E-state index in [0.717, 1.165) is 26.7 Å². The van der Waals surface area contributed by atoms with Gasteiger partial charge in [-0.1, -0.05) is 121 Å². The standard InChI is InChI=1S/C42H52BrNO4/c1-39(2,3)29-17-19-35(47-10)32(23-29)42(46,33-24-30(40(4,5)6)18-20-36(33)48-11)37(21-27-15-13-12-14-16-27)44-26-28-22-31(43)25-34(38(28)45)41(7,8)9/h12-20,22-26,37,45-46H,21H2,1-11H3. The lowest BCUT2D eigenvalue weighted by molar-refractivity contribution is 0.0475. The SMILES string of the molecule is COc1ccc(C(C)(C)C)cc1C(O)(c1cc(C(C)(C)C)ccc1OC)C(Cc1ccccc1)N=Cc1cc(Br)cc(C(C)(C)C)c1O. The number of hydrogen-bond donors (Lipinski definition) is 2. The van der Waals surface area contributed by atoms with Crippen LogP contribution in [0, 0.1) is 0 Å². The number of aliphatic hydroxyl groups is 1. The van der Waals surface area contributed by atoms with Crippen LogP contribution in [0.15, 0.2) is 88.3 Å². The number of rotatable bonds is 9. The summed E-state index contributed by atoms with van der Waals surface area (Å²) in [5.41, 5.74) is 3.18. The Morgan fingerprint density at radius 2 is 1.19 bits per heavy atom. The summed E-state index contributed by atoms with van der Waals surface area (Å²) >= 11 is 3.65. The Morgan fingerprint density at radius 1 is 0.688 bits per heavy atom. The molecule has 0 radical (unpaired) electrons. The van der Waals surface area contributed by atoms with Gasteiger partial charge in [0.1, 0.15) is 22.8 Å². The highest BCUT2D eigenvalue weighted by atomic mass is 79.9. The molecule has 0 aliphatic heterocycles. The van der Waals surface area contributed by atoms with Crippen molar-refractivity contribution in [2.75, 3.05) is 14.2 Å². The fraction of sp³-hybridized carbons (Fsp3) is 0.405. The molecule has 2 N–H and O–H groups in total. The molecule has 0 heterocycles. The van der Waals surface area contributed by atoms with Gasteiger partial charge in [0.25, 0.3) is 0 Å². The summed E-state index contributed by atoms with van der Waals surface area (Å²) in [7, 11) is 3.25. The van der Waals surface area contributed by atoms with E-state index >= 15 is 0 Å². The Kier molecular flexibility index (Phi) is 10.9. The maximum atomic E-state index is 13.7. The third-order valence-electron chi connectivity index (χ3n) is 9.01. The van der Waals surface area contributed by atoms with Gasteiger partial charge in [-0.3, -0.25) is 4.99 Å². The highest BCUT2D eigenvalue weighted by Gasteiger charge is 2.45. The molecule has 0 spiro atoms. The zero-order valence-corrected chi connectivity index (χ0v) is 32.0. The number of phenols is 1. The lowest BCUT2D eigenvalue weighted by atomic mass is 9.73. The highest BCUT2D eigenvalue weighted by Crippen LogP contribution is 2.47. The van der Waals surface area contributed by atoms with Gasteiger partial charge >= 0.3 is 0 Å². The first-order valence-electron chi connectivity index (χ1n) is 16.5. The van der Waals surface area contributed by atoms with Crippen molar-refractivity contribution < 1.29 is 19.7 Å². The third kappa shape index (κ3) is 7.98. The summed E-state index contributed by atoms with van der Waals surface area (Å²) < 4.78 is 12.8. The van der Waals surface area contributed by atoms with E-state index in [1.807, 2.05) is 66.7 Å². The van der Waals surface area contributed by atoms with Crippen molar-refractivity contribution >= 4 is 22.1 Å². The van der Waals surface area contributed by atoms with Gasteiger partial charge < -0.3 is 19.7 Å². The first-order valence-corrected chi connectivity index (χ1v) is 17.3. The fourth-order valence-electron chi connectivity index (χ4n) is 6.06. The quantitative estimate of drug-likeness (QED) is 0.169. The largest absolute Gasteiger partial charge is 0.507 e. The number of phenolic OH excluding ortho intramolecular Hbond substituents is 1. The molecule has 6 heteroatoms. The molecule has 1 unspecified atom stereocenters. The summed E-state index contributed by atoms with van der Waals surface area (Å²) in [6.07, 6.45) is 2.08. The Hall–Kier alpha value is -3.61. The van der Waals surface area contributed by atoms with E-state index in [4.69, 9.17) is 14.5 Å². The molecule has 4 aromatic rings. The summed E-state index contributed by atoms with van der Waals surface area (Å²) in [6.45, 7) is 19.1. The third-order valence-corrected chi connectivity index (χ3v) is 9.47. The summed E-state index contributed by atoms with van der Waals surface area (Å²) in [4.78, 5) is 5.21. The molecule has 256 valence electrons. The van der Waals surface area contributed by atoms with E-state index in [2.05, 4.69) is 90.4 Å². The lowest BCUT2D eigenvalue weighted by Crippen LogP contribution is -2.42. The van der Waals surface area contributed by atoms with E-state index < -0.39 is 11.6 Å². The smallest absolute Gasteiger partial charge is 0.144 e. The Morgan fingerprint density at radius 3 is 1.62 bits per heavy atom. The molecule has 48 heavy (non-hydrogen) atoms. The van der Waals surface area contributed by atoms with Crippen LogP contribution in [0.3, 0.4) is 0 Å². The lowest BCUT2D eigenvalue weighted by Gasteiger charge is -2.38. The minimum Gasteiger partial charge on any atom is -0.507 e. The average Bonchev–Trinajstić information content (AvgIpc) is 3.02. The van der Waals surface area contributed by atoms with Crippen molar-refractivity contribution in [1.82, 2.24) is 0 Å². The van der Waals surface area contributed by atoms with Gasteiger partial charge in [-0.25, -0.2) is 0 Å². The van der Waals surface area contributed by atoms with Gasteiger partial charge in [0.15, 0.2) is 0 Å². The Balaban J connectivity index is 2.14. The average molecular weight is 715 g/mol. The van der Waals surface area contributed by atoms with Crippen LogP contribution in [-0.4, -0.2) is 36.7 Å². The van der Waals surface area contributed by atoms with Crippen LogP contribution in [0.25, 0.3) is 0 Å². The predicted octanol–water partition coefficient (Wildman–Crippen LogP) is 10.0. The number of halogens is 1. The Labute approximate surface area is 296 Å². The van der Waals surface area contributed by atoms with Crippen molar-refractivity contribution in [3.63, 3.8) is 0 Å². The number of aromatic hydroxyl groups is 1. The molecule has 4 rings (SSSR count). The number of ether oxygens (including phenoxy) is 2. The first kappa shape index (κ1) is 37.2. The van der Waals surface area contributed by atoms with E-state index in [1.165, 1.54) is 0 Å². The molecular formula is C42H52BrNO4. The first-order chi connectivity index (χ1) is 22.3. The van der Waals surface area contributed by atoms with Gasteiger partial charge in [0, 0.05) is 32.9 Å². The summed E-state index contributed by atoms with van der Waals surface area (Å²) in [5, 5.41) is 25.2. The number of methoxy groups -OCH3 is 2. The van der Waals surface area contributed by atoms with Gasteiger partial charge in [-0.05, 0) is 75.8 Å². The summed E-state index contributed by atoms with van der Waals surface area (Å²) in [6, 6.07) is 25.1. The normalized spacial score (nSPS) is 13.5. The number of benzene rings is 4. The molecule has 1 atom stereocenters. The fourth-order valence-corrected chi connectivity index (χ4v) is 6.53. The zero-order chi connectivity index (χ0) is 35.7. The maximum absolute atomic E-state index is 13.7. The van der Waals surface area contributed by atoms with E-state index in [-0.39, 0.29) is 22.0 Å². The second kappa shape index (κ2) is 14.1. The second-order valence-electron chi connectivity index (χ2n) is 15.7. The van der Waals surface area contributed by atoms with Crippen LogP contribution in [-0.2, 0) is 28.3 Å². The molecule has 0 aromatic heterocycles. The molecular weight excluding hydrogens is 662 g/mol.